The van der Waals surface area contributed by atoms with Crippen molar-refractivity contribution < 1.29 is 12.8 Å². The van der Waals surface area contributed by atoms with Crippen LogP contribution in [0, 0.1) is 5.82 Å². The average Bonchev–Trinajstić information content (AvgIpc) is 2.46. The Morgan fingerprint density at radius 1 is 1.14 bits per heavy atom. The minimum absolute atomic E-state index is 0.333. The Labute approximate surface area is 132 Å². The maximum atomic E-state index is 13.7. The molecule has 1 N–H and O–H groups in total. The van der Waals surface area contributed by atoms with Gasteiger partial charge in [-0.25, -0.2) is 17.5 Å². The van der Waals surface area contributed by atoms with Gasteiger partial charge in [0, 0.05) is 10.5 Å². The first kappa shape index (κ1) is 16.1. The summed E-state index contributed by atoms with van der Waals surface area (Å²) in [5, 5.41) is 0. The summed E-state index contributed by atoms with van der Waals surface area (Å²) >= 11 is 3.34. The van der Waals surface area contributed by atoms with Crippen molar-refractivity contribution in [3.63, 3.8) is 0 Å². The summed E-state index contributed by atoms with van der Waals surface area (Å²) in [5.74, 6) is -0.754. The summed E-state index contributed by atoms with van der Waals surface area (Å²) < 4.78 is 41.7. The van der Waals surface area contributed by atoms with Crippen LogP contribution in [0.2, 0.25) is 0 Å². The lowest BCUT2D eigenvalue weighted by molar-refractivity contribution is 0.535. The van der Waals surface area contributed by atoms with E-state index < -0.39 is 21.9 Å². The van der Waals surface area contributed by atoms with E-state index in [0.29, 0.717) is 6.42 Å². The SMILES string of the molecule is CC[C@H](NS(=O)(=O)c1ccccc1F)c1ccc(Br)cc1. The van der Waals surface area contributed by atoms with Gasteiger partial charge in [-0.05, 0) is 36.2 Å². The largest absolute Gasteiger partial charge is 0.244 e. The Morgan fingerprint density at radius 2 is 1.76 bits per heavy atom. The number of nitrogens with one attached hydrogen (secondary N) is 1. The highest BCUT2D eigenvalue weighted by molar-refractivity contribution is 9.10. The average molecular weight is 372 g/mol. The van der Waals surface area contributed by atoms with Crippen LogP contribution >= 0.6 is 15.9 Å². The first-order valence-corrected chi connectivity index (χ1v) is 8.74. The maximum Gasteiger partial charge on any atom is 0.244 e. The second-order valence-corrected chi connectivity index (χ2v) is 7.16. The van der Waals surface area contributed by atoms with E-state index in [0.717, 1.165) is 16.1 Å². The second-order valence-electron chi connectivity index (χ2n) is 4.56. The molecule has 0 aliphatic heterocycles. The van der Waals surface area contributed by atoms with Gasteiger partial charge in [0.15, 0.2) is 0 Å². The molecule has 0 heterocycles. The highest BCUT2D eigenvalue weighted by Crippen LogP contribution is 2.23. The zero-order valence-electron chi connectivity index (χ0n) is 11.4. The van der Waals surface area contributed by atoms with Crippen LogP contribution in [0.15, 0.2) is 57.9 Å². The molecule has 3 nitrogen and oxygen atoms in total. The van der Waals surface area contributed by atoms with Gasteiger partial charge in [-0.2, -0.15) is 0 Å². The van der Waals surface area contributed by atoms with Crippen LogP contribution < -0.4 is 4.72 Å². The van der Waals surface area contributed by atoms with Gasteiger partial charge >= 0.3 is 0 Å². The topological polar surface area (TPSA) is 46.2 Å². The van der Waals surface area contributed by atoms with E-state index in [2.05, 4.69) is 20.7 Å². The third-order valence-corrected chi connectivity index (χ3v) is 5.14. The van der Waals surface area contributed by atoms with Gasteiger partial charge in [-0.1, -0.05) is 47.1 Å². The standard InChI is InChI=1S/C15H15BrFNO2S/c1-2-14(11-7-9-12(16)10-8-11)18-21(19,20)15-6-4-3-5-13(15)17/h3-10,14,18H,2H2,1H3/t14-/m0/s1. The Bertz CT molecular complexity index is 717. The summed E-state index contributed by atoms with van der Waals surface area (Å²) in [4.78, 5) is -0.333. The molecular weight excluding hydrogens is 357 g/mol. The van der Waals surface area contributed by atoms with Crippen LogP contribution in [0.5, 0.6) is 0 Å². The first-order valence-electron chi connectivity index (χ1n) is 6.46. The van der Waals surface area contributed by atoms with Gasteiger partial charge in [0.1, 0.15) is 10.7 Å². The molecule has 112 valence electrons. The van der Waals surface area contributed by atoms with Gasteiger partial charge in [-0.3, -0.25) is 0 Å². The van der Waals surface area contributed by atoms with Crippen LogP contribution in [0.4, 0.5) is 4.39 Å². The molecule has 0 saturated carbocycles. The number of rotatable bonds is 5. The zero-order valence-corrected chi connectivity index (χ0v) is 13.8. The van der Waals surface area contributed by atoms with E-state index in [1.807, 2.05) is 31.2 Å². The highest BCUT2D eigenvalue weighted by Gasteiger charge is 2.22. The molecule has 0 bridgehead atoms. The van der Waals surface area contributed by atoms with Crippen molar-refractivity contribution in [2.75, 3.05) is 0 Å². The Hall–Kier alpha value is -1.24. The summed E-state index contributed by atoms with van der Waals surface area (Å²) in [6.07, 6.45) is 0.565. The Balaban J connectivity index is 2.30. The molecule has 6 heteroatoms. The lowest BCUT2D eigenvalue weighted by atomic mass is 10.1. The molecule has 0 aliphatic carbocycles. The van der Waals surface area contributed by atoms with Crippen LogP contribution in [-0.2, 0) is 10.0 Å². The molecule has 0 radical (unpaired) electrons. The molecule has 2 aromatic carbocycles. The van der Waals surface area contributed by atoms with Crippen molar-refractivity contribution in [1.82, 2.24) is 4.72 Å². The number of halogens is 2. The van der Waals surface area contributed by atoms with Crippen LogP contribution in [-0.4, -0.2) is 8.42 Å². The van der Waals surface area contributed by atoms with Gasteiger partial charge in [0.05, 0.1) is 0 Å². The molecule has 0 aromatic heterocycles. The molecule has 0 aliphatic rings. The normalized spacial score (nSPS) is 13.1. The molecule has 0 amide bonds. The summed E-state index contributed by atoms with van der Waals surface area (Å²) in [7, 11) is -3.90. The predicted molar refractivity (Wildman–Crippen MR) is 83.9 cm³/mol. The lowest BCUT2D eigenvalue weighted by Crippen LogP contribution is -2.29. The van der Waals surface area contributed by atoms with E-state index >= 15 is 0 Å². The molecule has 1 atom stereocenters. The van der Waals surface area contributed by atoms with Gasteiger partial charge < -0.3 is 0 Å². The fourth-order valence-corrected chi connectivity index (χ4v) is 3.65. The number of hydrogen-bond acceptors (Lipinski definition) is 2. The van der Waals surface area contributed by atoms with E-state index in [-0.39, 0.29) is 4.90 Å². The minimum Gasteiger partial charge on any atom is -0.207 e. The predicted octanol–water partition coefficient (Wildman–Crippen LogP) is 4.02. The van der Waals surface area contributed by atoms with Gasteiger partial charge in [0.2, 0.25) is 10.0 Å². The molecule has 2 rings (SSSR count). The van der Waals surface area contributed by atoms with Crippen LogP contribution in [0.1, 0.15) is 24.9 Å². The van der Waals surface area contributed by atoms with Crippen LogP contribution in [0.3, 0.4) is 0 Å². The molecule has 0 saturated heterocycles. The molecule has 0 unspecified atom stereocenters. The lowest BCUT2D eigenvalue weighted by Gasteiger charge is -2.18. The zero-order chi connectivity index (χ0) is 15.5. The number of benzene rings is 2. The smallest absolute Gasteiger partial charge is 0.207 e. The van der Waals surface area contributed by atoms with E-state index in [1.54, 1.807) is 0 Å². The van der Waals surface area contributed by atoms with E-state index in [4.69, 9.17) is 0 Å². The quantitative estimate of drug-likeness (QED) is 0.862. The van der Waals surface area contributed by atoms with Gasteiger partial charge in [-0.15, -0.1) is 0 Å². The van der Waals surface area contributed by atoms with E-state index in [1.165, 1.54) is 18.2 Å². The summed E-state index contributed by atoms with van der Waals surface area (Å²) in [6.45, 7) is 1.87. The fourth-order valence-electron chi connectivity index (χ4n) is 2.00. The first-order chi connectivity index (χ1) is 9.94. The fraction of sp³-hybridized carbons (Fsp3) is 0.200. The number of sulfonamides is 1. The minimum atomic E-state index is -3.90. The molecule has 0 spiro atoms. The van der Waals surface area contributed by atoms with Crippen molar-refractivity contribution in [2.45, 2.75) is 24.3 Å². The Morgan fingerprint density at radius 3 is 2.33 bits per heavy atom. The summed E-state index contributed by atoms with van der Waals surface area (Å²) in [6, 6.07) is 12.3. The monoisotopic (exact) mass is 371 g/mol. The van der Waals surface area contributed by atoms with Crippen molar-refractivity contribution in [1.29, 1.82) is 0 Å². The van der Waals surface area contributed by atoms with Crippen molar-refractivity contribution in [2.24, 2.45) is 0 Å². The maximum absolute atomic E-state index is 13.7. The van der Waals surface area contributed by atoms with Crippen molar-refractivity contribution in [3.05, 3.63) is 64.4 Å². The van der Waals surface area contributed by atoms with Gasteiger partial charge in [0.25, 0.3) is 0 Å². The summed E-state index contributed by atoms with van der Waals surface area (Å²) in [5.41, 5.74) is 0.834. The van der Waals surface area contributed by atoms with Crippen molar-refractivity contribution in [3.8, 4) is 0 Å². The van der Waals surface area contributed by atoms with E-state index in [9.17, 15) is 12.8 Å². The third kappa shape index (κ3) is 3.90. The third-order valence-electron chi connectivity index (χ3n) is 3.10. The van der Waals surface area contributed by atoms with Crippen molar-refractivity contribution >= 4 is 26.0 Å². The van der Waals surface area contributed by atoms with Crippen LogP contribution in [0.25, 0.3) is 0 Å². The molecule has 0 fully saturated rings. The Kier molecular flexibility index (Phi) is 5.13. The second kappa shape index (κ2) is 6.68. The highest BCUT2D eigenvalue weighted by atomic mass is 79.9. The molecule has 2 aromatic rings. The number of hydrogen-bond donors (Lipinski definition) is 1. The molecule has 21 heavy (non-hydrogen) atoms. The molecular formula is C15H15BrFNO2S.